The van der Waals surface area contributed by atoms with E-state index in [1.807, 2.05) is 18.2 Å². The van der Waals surface area contributed by atoms with E-state index in [4.69, 9.17) is 5.26 Å². The average molecular weight is 395 g/mol. The molecule has 0 bridgehead atoms. The zero-order valence-electron chi connectivity index (χ0n) is 16.6. The van der Waals surface area contributed by atoms with Gasteiger partial charge in [-0.2, -0.15) is 5.26 Å². The van der Waals surface area contributed by atoms with Crippen LogP contribution in [0.15, 0.2) is 30.5 Å². The summed E-state index contributed by atoms with van der Waals surface area (Å²) in [7, 11) is 0. The summed E-state index contributed by atoms with van der Waals surface area (Å²) in [4.78, 5) is 20.5. The van der Waals surface area contributed by atoms with Gasteiger partial charge in [-0.25, -0.2) is 4.39 Å². The lowest BCUT2D eigenvalue weighted by atomic mass is 10.0. The van der Waals surface area contributed by atoms with Crippen LogP contribution >= 0.6 is 0 Å². The highest BCUT2D eigenvalue weighted by Gasteiger charge is 2.36. The van der Waals surface area contributed by atoms with Gasteiger partial charge in [0.25, 0.3) is 0 Å². The van der Waals surface area contributed by atoms with Crippen molar-refractivity contribution in [1.29, 1.82) is 5.26 Å². The number of aromatic nitrogens is 1. The molecule has 7 heteroatoms. The van der Waals surface area contributed by atoms with E-state index in [1.54, 1.807) is 6.20 Å². The first-order chi connectivity index (χ1) is 14.0. The molecule has 3 heterocycles. The summed E-state index contributed by atoms with van der Waals surface area (Å²) in [5.74, 6) is -0.140. The molecule has 2 aliphatic heterocycles. The summed E-state index contributed by atoms with van der Waals surface area (Å²) < 4.78 is 13.6. The maximum absolute atomic E-state index is 13.6. The Morgan fingerprint density at radius 3 is 2.90 bits per heavy atom. The maximum atomic E-state index is 13.6. The molecule has 1 N–H and O–H groups in total. The van der Waals surface area contributed by atoms with Crippen LogP contribution < -0.4 is 5.32 Å². The summed E-state index contributed by atoms with van der Waals surface area (Å²) in [6.07, 6.45) is 2.71. The van der Waals surface area contributed by atoms with Gasteiger partial charge >= 0.3 is 0 Å². The van der Waals surface area contributed by atoms with Crippen molar-refractivity contribution < 1.29 is 9.18 Å². The highest BCUT2D eigenvalue weighted by Crippen LogP contribution is 2.28. The molecule has 2 fully saturated rings. The van der Waals surface area contributed by atoms with Crippen molar-refractivity contribution in [3.8, 4) is 6.07 Å². The summed E-state index contributed by atoms with van der Waals surface area (Å²) >= 11 is 0. The number of anilines is 1. The molecule has 2 saturated heterocycles. The molecule has 29 heavy (non-hydrogen) atoms. The Bertz CT molecular complexity index is 934. The van der Waals surface area contributed by atoms with Gasteiger partial charge in [-0.3, -0.25) is 14.7 Å². The van der Waals surface area contributed by atoms with E-state index in [9.17, 15) is 9.18 Å². The van der Waals surface area contributed by atoms with Crippen molar-refractivity contribution in [2.24, 2.45) is 0 Å². The molecule has 2 atom stereocenters. The van der Waals surface area contributed by atoms with E-state index in [0.29, 0.717) is 6.04 Å². The van der Waals surface area contributed by atoms with Crippen LogP contribution in [0.5, 0.6) is 0 Å². The number of nitriles is 1. The van der Waals surface area contributed by atoms with Crippen molar-refractivity contribution in [1.82, 2.24) is 14.8 Å². The number of piperidine rings is 1. The van der Waals surface area contributed by atoms with E-state index >= 15 is 0 Å². The predicted molar refractivity (Wildman–Crippen MR) is 110 cm³/mol. The molecule has 4 rings (SSSR count). The molecule has 1 amide bonds. The number of hydrogen-bond acceptors (Lipinski definition) is 5. The van der Waals surface area contributed by atoms with Gasteiger partial charge in [-0.05, 0) is 43.5 Å². The molecule has 2 unspecified atom stereocenters. The lowest BCUT2D eigenvalue weighted by Gasteiger charge is -2.34. The number of carbonyl (C=O) groups excluding carboxylic acids is 1. The topological polar surface area (TPSA) is 72.3 Å². The second kappa shape index (κ2) is 8.34. The molecule has 1 aromatic heterocycles. The number of aryl methyl sites for hydroxylation is 1. The van der Waals surface area contributed by atoms with E-state index in [2.05, 4.69) is 34.3 Å². The third-order valence-corrected chi connectivity index (χ3v) is 6.01. The van der Waals surface area contributed by atoms with Gasteiger partial charge in [0.05, 0.1) is 24.7 Å². The van der Waals surface area contributed by atoms with Crippen molar-refractivity contribution in [3.63, 3.8) is 0 Å². The molecular formula is C22H26FN5O. The van der Waals surface area contributed by atoms with Gasteiger partial charge in [-0.1, -0.05) is 6.07 Å². The molecule has 0 spiro atoms. The Morgan fingerprint density at radius 1 is 1.34 bits per heavy atom. The Morgan fingerprint density at radius 2 is 2.14 bits per heavy atom. The number of rotatable bonds is 4. The zero-order valence-corrected chi connectivity index (χ0v) is 16.6. The third kappa shape index (κ3) is 4.18. The van der Waals surface area contributed by atoms with Crippen molar-refractivity contribution >= 4 is 22.5 Å². The molecular weight excluding hydrogens is 369 g/mol. The molecule has 2 aromatic rings. The van der Waals surface area contributed by atoms with Crippen LogP contribution in [0.1, 0.15) is 24.8 Å². The fraction of sp³-hybridized carbons (Fsp3) is 0.500. The molecule has 1 aromatic carbocycles. The van der Waals surface area contributed by atoms with Gasteiger partial charge in [0.15, 0.2) is 0 Å². The summed E-state index contributed by atoms with van der Waals surface area (Å²) in [5, 5.41) is 14.0. The average Bonchev–Trinajstić information content (AvgIpc) is 3.12. The minimum Gasteiger partial charge on any atom is -0.381 e. The van der Waals surface area contributed by atoms with Gasteiger partial charge in [0.1, 0.15) is 12.2 Å². The highest BCUT2D eigenvalue weighted by molar-refractivity contribution is 5.93. The van der Waals surface area contributed by atoms with E-state index < -0.39 is 12.2 Å². The fourth-order valence-corrected chi connectivity index (χ4v) is 4.36. The van der Waals surface area contributed by atoms with Crippen molar-refractivity contribution in [3.05, 3.63) is 36.0 Å². The number of fused-ring (bicyclic) bond motifs is 1. The molecule has 6 nitrogen and oxygen atoms in total. The fourth-order valence-electron chi connectivity index (χ4n) is 4.36. The summed E-state index contributed by atoms with van der Waals surface area (Å²) in [6, 6.07) is 9.93. The Kier molecular flexibility index (Phi) is 5.63. The van der Waals surface area contributed by atoms with Gasteiger partial charge < -0.3 is 10.2 Å². The number of benzene rings is 1. The van der Waals surface area contributed by atoms with Crippen LogP contribution in [-0.2, 0) is 4.79 Å². The first-order valence-electron chi connectivity index (χ1n) is 10.2. The van der Waals surface area contributed by atoms with Crippen LogP contribution in [-0.4, -0.2) is 65.1 Å². The number of hydrogen-bond donors (Lipinski definition) is 1. The van der Waals surface area contributed by atoms with Gasteiger partial charge in [-0.15, -0.1) is 0 Å². The number of pyridine rings is 1. The Balaban J connectivity index is 1.34. The molecule has 152 valence electrons. The quantitative estimate of drug-likeness (QED) is 0.862. The zero-order chi connectivity index (χ0) is 20.4. The minimum atomic E-state index is -1.09. The number of alkyl halides is 1. The van der Waals surface area contributed by atoms with Crippen LogP contribution in [0.3, 0.4) is 0 Å². The first kappa shape index (κ1) is 19.6. The van der Waals surface area contributed by atoms with Gasteiger partial charge in [0, 0.05) is 42.8 Å². The number of nitrogens with one attached hydrogen (secondary N) is 1. The lowest BCUT2D eigenvalue weighted by Crippen LogP contribution is -2.46. The maximum Gasteiger partial charge on any atom is 0.237 e. The predicted octanol–water partition coefficient (Wildman–Crippen LogP) is 2.88. The van der Waals surface area contributed by atoms with Crippen LogP contribution in [0.4, 0.5) is 10.1 Å². The molecule has 0 radical (unpaired) electrons. The number of nitrogens with zero attached hydrogens (tertiary/aromatic N) is 4. The monoisotopic (exact) mass is 395 g/mol. The molecule has 0 aliphatic carbocycles. The number of likely N-dealkylation sites (tertiary alicyclic amines) is 2. The van der Waals surface area contributed by atoms with Crippen LogP contribution in [0.2, 0.25) is 0 Å². The SMILES string of the molecule is Cc1ccc2ncccc2c1NC1CCN(CC(=O)N2CC(F)CC2C#N)CC1. The largest absolute Gasteiger partial charge is 0.381 e. The smallest absolute Gasteiger partial charge is 0.237 e. The Labute approximate surface area is 170 Å². The molecule has 0 saturated carbocycles. The van der Waals surface area contributed by atoms with E-state index in [1.165, 1.54) is 10.5 Å². The van der Waals surface area contributed by atoms with Crippen molar-refractivity contribution in [2.75, 3.05) is 31.5 Å². The third-order valence-electron chi connectivity index (χ3n) is 6.01. The van der Waals surface area contributed by atoms with Crippen molar-refractivity contribution in [2.45, 2.75) is 44.4 Å². The highest BCUT2D eigenvalue weighted by atomic mass is 19.1. The van der Waals surface area contributed by atoms with E-state index in [-0.39, 0.29) is 25.4 Å². The Hall–Kier alpha value is -2.72. The van der Waals surface area contributed by atoms with E-state index in [0.717, 1.165) is 42.5 Å². The second-order valence-corrected chi connectivity index (χ2v) is 8.05. The summed E-state index contributed by atoms with van der Waals surface area (Å²) in [5.41, 5.74) is 3.31. The van der Waals surface area contributed by atoms with Gasteiger partial charge in [0.2, 0.25) is 5.91 Å². The number of halogens is 1. The van der Waals surface area contributed by atoms with Crippen LogP contribution in [0, 0.1) is 18.3 Å². The standard InChI is InChI=1S/C22H26FN5O/c1-15-4-5-20-19(3-2-8-25-20)22(15)26-17-6-9-27(10-7-17)14-21(29)28-13-16(23)11-18(28)12-24/h2-5,8,16-18,26H,6-7,9-11,13-14H2,1H3. The lowest BCUT2D eigenvalue weighted by molar-refractivity contribution is -0.132. The first-order valence-corrected chi connectivity index (χ1v) is 10.2. The number of carbonyl (C=O) groups is 1. The normalized spacial score (nSPS) is 23.3. The minimum absolute atomic E-state index is 0.0451. The van der Waals surface area contributed by atoms with Crippen LogP contribution in [0.25, 0.3) is 10.9 Å². The second-order valence-electron chi connectivity index (χ2n) is 8.05. The molecule has 2 aliphatic rings. The summed E-state index contributed by atoms with van der Waals surface area (Å²) in [6.45, 7) is 4.01. The number of amides is 1.